The molecule has 19 heavy (non-hydrogen) atoms. The summed E-state index contributed by atoms with van der Waals surface area (Å²) in [7, 11) is 0. The van der Waals surface area contributed by atoms with Gasteiger partial charge in [0.05, 0.1) is 12.2 Å². The number of hydrogen-bond donors (Lipinski definition) is 1. The number of carbonyl (C=O) groups is 1. The van der Waals surface area contributed by atoms with Crippen molar-refractivity contribution >= 4 is 17.3 Å². The highest BCUT2D eigenvalue weighted by Crippen LogP contribution is 2.32. The second kappa shape index (κ2) is 4.75. The molecule has 0 aromatic carbocycles. The summed E-state index contributed by atoms with van der Waals surface area (Å²) in [6.45, 7) is 3.94. The molecule has 1 fully saturated rings. The zero-order valence-corrected chi connectivity index (χ0v) is 11.2. The first-order valence-corrected chi connectivity index (χ1v) is 6.95. The topological polar surface area (TPSA) is 71.2 Å². The van der Waals surface area contributed by atoms with Crippen LogP contribution < -0.4 is 0 Å². The van der Waals surface area contributed by atoms with Gasteiger partial charge in [-0.05, 0) is 18.4 Å². The molecule has 1 unspecified atom stereocenters. The van der Waals surface area contributed by atoms with Gasteiger partial charge in [0.25, 0.3) is 0 Å². The van der Waals surface area contributed by atoms with E-state index >= 15 is 0 Å². The highest BCUT2D eigenvalue weighted by molar-refractivity contribution is 7.10. The van der Waals surface area contributed by atoms with Gasteiger partial charge in [-0.3, -0.25) is 4.90 Å². The molecule has 0 spiro atoms. The molecule has 7 heteroatoms. The average molecular weight is 278 g/mol. The third-order valence-electron chi connectivity index (χ3n) is 3.50. The Morgan fingerprint density at radius 3 is 2.95 bits per heavy atom. The van der Waals surface area contributed by atoms with Crippen LogP contribution >= 0.6 is 11.3 Å². The van der Waals surface area contributed by atoms with Gasteiger partial charge in [0.15, 0.2) is 5.69 Å². The summed E-state index contributed by atoms with van der Waals surface area (Å²) < 4.78 is 1.65. The number of likely N-dealkylation sites (tertiary alicyclic amines) is 1. The Morgan fingerprint density at radius 1 is 1.58 bits per heavy atom. The molecule has 2 aromatic heterocycles. The summed E-state index contributed by atoms with van der Waals surface area (Å²) in [6.07, 6.45) is 1.50. The second-order valence-corrected chi connectivity index (χ2v) is 5.67. The lowest BCUT2D eigenvalue weighted by Gasteiger charge is -2.42. The van der Waals surface area contributed by atoms with E-state index in [9.17, 15) is 4.79 Å². The molecule has 3 rings (SSSR count). The molecule has 0 saturated carbocycles. The normalized spacial score (nSPS) is 18.2. The van der Waals surface area contributed by atoms with E-state index in [1.54, 1.807) is 16.0 Å². The first-order chi connectivity index (χ1) is 9.15. The van der Waals surface area contributed by atoms with Crippen molar-refractivity contribution in [2.75, 3.05) is 13.1 Å². The summed E-state index contributed by atoms with van der Waals surface area (Å²) in [5, 5.41) is 18.4. The predicted molar refractivity (Wildman–Crippen MR) is 70.3 cm³/mol. The van der Waals surface area contributed by atoms with Crippen LogP contribution in [0.1, 0.15) is 34.4 Å². The van der Waals surface area contributed by atoms with E-state index in [4.69, 9.17) is 5.11 Å². The summed E-state index contributed by atoms with van der Waals surface area (Å²) in [5.74, 6) is -1.03. The van der Waals surface area contributed by atoms with Crippen LogP contribution in [0.3, 0.4) is 0 Å². The molecule has 0 aliphatic carbocycles. The molecule has 2 aromatic rings. The van der Waals surface area contributed by atoms with Gasteiger partial charge in [-0.2, -0.15) is 0 Å². The second-order valence-electron chi connectivity index (χ2n) is 4.69. The van der Waals surface area contributed by atoms with E-state index < -0.39 is 5.97 Å². The zero-order chi connectivity index (χ0) is 13.4. The summed E-state index contributed by atoms with van der Waals surface area (Å²) in [5.41, 5.74) is 0.00440. The molecule has 1 saturated heterocycles. The summed E-state index contributed by atoms with van der Waals surface area (Å²) in [4.78, 5) is 14.4. The van der Waals surface area contributed by atoms with Crippen molar-refractivity contribution in [2.45, 2.75) is 19.0 Å². The maximum atomic E-state index is 10.7. The quantitative estimate of drug-likeness (QED) is 0.921. The molecule has 100 valence electrons. The van der Waals surface area contributed by atoms with Gasteiger partial charge in [0.1, 0.15) is 0 Å². The van der Waals surface area contributed by atoms with Crippen molar-refractivity contribution < 1.29 is 9.90 Å². The SMILES string of the molecule is CC(c1cccs1)N1CC(n2cc(C(=O)O)nn2)C1. The van der Waals surface area contributed by atoms with Crippen molar-refractivity contribution in [1.29, 1.82) is 0 Å². The Kier molecular flexibility index (Phi) is 3.08. The lowest BCUT2D eigenvalue weighted by Crippen LogP contribution is -2.48. The minimum Gasteiger partial charge on any atom is -0.476 e. The Balaban J connectivity index is 1.61. The molecule has 1 atom stereocenters. The summed E-state index contributed by atoms with van der Waals surface area (Å²) >= 11 is 1.76. The minimum atomic E-state index is -1.03. The first kappa shape index (κ1) is 12.3. The van der Waals surface area contributed by atoms with Crippen LogP contribution in [0.4, 0.5) is 0 Å². The zero-order valence-electron chi connectivity index (χ0n) is 10.4. The number of nitrogens with zero attached hydrogens (tertiary/aromatic N) is 4. The van der Waals surface area contributed by atoms with Gasteiger partial charge in [-0.15, -0.1) is 16.4 Å². The number of carboxylic acid groups (broad SMARTS) is 1. The third-order valence-corrected chi connectivity index (χ3v) is 4.54. The maximum absolute atomic E-state index is 10.7. The molecule has 1 N–H and O–H groups in total. The smallest absolute Gasteiger partial charge is 0.358 e. The lowest BCUT2D eigenvalue weighted by atomic mass is 10.1. The van der Waals surface area contributed by atoms with E-state index in [0.717, 1.165) is 13.1 Å². The highest BCUT2D eigenvalue weighted by Gasteiger charge is 2.33. The van der Waals surface area contributed by atoms with Crippen molar-refractivity contribution in [3.8, 4) is 0 Å². The van der Waals surface area contributed by atoms with Gasteiger partial charge in [-0.1, -0.05) is 11.3 Å². The lowest BCUT2D eigenvalue weighted by molar-refractivity contribution is 0.0599. The number of aromatic carboxylic acids is 1. The van der Waals surface area contributed by atoms with Crippen LogP contribution in [-0.4, -0.2) is 44.1 Å². The van der Waals surface area contributed by atoms with Gasteiger partial charge < -0.3 is 5.11 Å². The maximum Gasteiger partial charge on any atom is 0.358 e. The van der Waals surface area contributed by atoms with Crippen LogP contribution in [0, 0.1) is 0 Å². The van der Waals surface area contributed by atoms with E-state index in [2.05, 4.69) is 39.6 Å². The third kappa shape index (κ3) is 2.26. The van der Waals surface area contributed by atoms with Crippen LogP contribution in [0.25, 0.3) is 0 Å². The van der Waals surface area contributed by atoms with Crippen LogP contribution in [0.2, 0.25) is 0 Å². The van der Waals surface area contributed by atoms with Crippen molar-refractivity contribution in [3.63, 3.8) is 0 Å². The van der Waals surface area contributed by atoms with E-state index in [-0.39, 0.29) is 11.7 Å². The van der Waals surface area contributed by atoms with Gasteiger partial charge in [-0.25, -0.2) is 9.48 Å². The Bertz CT molecular complexity index is 574. The molecular weight excluding hydrogens is 264 g/mol. The number of hydrogen-bond acceptors (Lipinski definition) is 5. The number of aromatic nitrogens is 3. The standard InChI is InChI=1S/C12H14N4O2S/c1-8(11-3-2-4-19-11)15-5-9(6-15)16-7-10(12(17)18)13-14-16/h2-4,7-9H,5-6H2,1H3,(H,17,18). The molecule has 6 nitrogen and oxygen atoms in total. The van der Waals surface area contributed by atoms with Gasteiger partial charge >= 0.3 is 5.97 Å². The van der Waals surface area contributed by atoms with E-state index in [0.29, 0.717) is 6.04 Å². The Morgan fingerprint density at radius 2 is 2.37 bits per heavy atom. The Labute approximate surface area is 114 Å². The number of thiophene rings is 1. The molecule has 1 aliphatic rings. The van der Waals surface area contributed by atoms with Crippen LogP contribution in [0.5, 0.6) is 0 Å². The largest absolute Gasteiger partial charge is 0.476 e. The average Bonchev–Trinajstić information content (AvgIpc) is 2.98. The Hall–Kier alpha value is -1.73. The van der Waals surface area contributed by atoms with Crippen molar-refractivity contribution in [2.24, 2.45) is 0 Å². The van der Waals surface area contributed by atoms with E-state index in [1.807, 2.05) is 0 Å². The molecular formula is C12H14N4O2S. The van der Waals surface area contributed by atoms with E-state index in [1.165, 1.54) is 11.1 Å². The number of carboxylic acids is 1. The molecule has 0 bridgehead atoms. The van der Waals surface area contributed by atoms with Gasteiger partial charge in [0.2, 0.25) is 0 Å². The highest BCUT2D eigenvalue weighted by atomic mass is 32.1. The summed E-state index contributed by atoms with van der Waals surface area (Å²) in [6, 6.07) is 4.83. The minimum absolute atomic E-state index is 0.00440. The van der Waals surface area contributed by atoms with Gasteiger partial charge in [0, 0.05) is 24.0 Å². The van der Waals surface area contributed by atoms with Crippen LogP contribution in [-0.2, 0) is 0 Å². The fourth-order valence-electron chi connectivity index (χ4n) is 2.23. The monoisotopic (exact) mass is 278 g/mol. The molecule has 0 radical (unpaired) electrons. The first-order valence-electron chi connectivity index (χ1n) is 6.07. The number of rotatable bonds is 4. The predicted octanol–water partition coefficient (Wildman–Crippen LogP) is 1.66. The fraction of sp³-hybridized carbons (Fsp3) is 0.417. The molecule has 3 heterocycles. The fourth-order valence-corrected chi connectivity index (χ4v) is 3.05. The van der Waals surface area contributed by atoms with Crippen molar-refractivity contribution in [3.05, 3.63) is 34.3 Å². The molecule has 0 amide bonds. The van der Waals surface area contributed by atoms with Crippen LogP contribution in [0.15, 0.2) is 23.7 Å². The van der Waals surface area contributed by atoms with Crippen molar-refractivity contribution in [1.82, 2.24) is 19.9 Å². The molecule has 1 aliphatic heterocycles.